The van der Waals surface area contributed by atoms with Crippen LogP contribution in [0.1, 0.15) is 36.6 Å². The molecular weight excluding hydrogens is 330 g/mol. The highest BCUT2D eigenvalue weighted by Crippen LogP contribution is 2.38. The molecule has 2 aromatic heterocycles. The Bertz CT molecular complexity index is 778. The number of nitrogens with one attached hydrogen (secondary N) is 2. The number of aromatic nitrogens is 4. The predicted molar refractivity (Wildman–Crippen MR) is 101 cm³/mol. The molecule has 1 saturated heterocycles. The lowest BCUT2D eigenvalue weighted by Crippen LogP contribution is -2.35. The average Bonchev–Trinajstić information content (AvgIpc) is 3.04. The molecule has 1 aliphatic heterocycles. The number of aryl methyl sites for hydroxylation is 1. The van der Waals surface area contributed by atoms with Crippen molar-refractivity contribution in [1.82, 2.24) is 19.9 Å². The van der Waals surface area contributed by atoms with Gasteiger partial charge < -0.3 is 20.6 Å². The number of rotatable bonds is 5. The van der Waals surface area contributed by atoms with Crippen LogP contribution in [0.25, 0.3) is 0 Å². The zero-order valence-corrected chi connectivity index (χ0v) is 15.2. The van der Waals surface area contributed by atoms with Crippen molar-refractivity contribution in [3.05, 3.63) is 29.8 Å². The van der Waals surface area contributed by atoms with Crippen LogP contribution in [-0.4, -0.2) is 57.3 Å². The van der Waals surface area contributed by atoms with Crippen LogP contribution in [0.3, 0.4) is 0 Å². The van der Waals surface area contributed by atoms with Crippen molar-refractivity contribution in [3.8, 4) is 0 Å². The minimum absolute atomic E-state index is 0.248. The van der Waals surface area contributed by atoms with Crippen molar-refractivity contribution in [1.29, 1.82) is 0 Å². The summed E-state index contributed by atoms with van der Waals surface area (Å²) in [7, 11) is 1.86. The average molecular weight is 355 g/mol. The van der Waals surface area contributed by atoms with Crippen molar-refractivity contribution < 1.29 is 5.11 Å². The molecule has 0 aromatic carbocycles. The van der Waals surface area contributed by atoms with Gasteiger partial charge in [-0.15, -0.1) is 0 Å². The quantitative estimate of drug-likeness (QED) is 0.743. The van der Waals surface area contributed by atoms with Crippen LogP contribution < -0.4 is 15.5 Å². The van der Waals surface area contributed by atoms with Crippen LogP contribution in [-0.2, 0) is 0 Å². The van der Waals surface area contributed by atoms with Gasteiger partial charge in [-0.05, 0) is 26.2 Å². The lowest BCUT2D eigenvalue weighted by molar-refractivity contribution is 0.198. The molecule has 4 rings (SSSR count). The number of β-amino-alcohol motifs (C(OH)–C–C–N with tert-alkyl or cyclic N) is 1. The Hall–Kier alpha value is -2.48. The molecule has 26 heavy (non-hydrogen) atoms. The van der Waals surface area contributed by atoms with E-state index in [9.17, 15) is 5.11 Å². The van der Waals surface area contributed by atoms with Crippen molar-refractivity contribution in [2.75, 3.05) is 35.7 Å². The van der Waals surface area contributed by atoms with Gasteiger partial charge in [-0.2, -0.15) is 4.98 Å². The second kappa shape index (κ2) is 7.03. The fourth-order valence-electron chi connectivity index (χ4n) is 3.63. The van der Waals surface area contributed by atoms with Crippen molar-refractivity contribution >= 4 is 17.6 Å². The van der Waals surface area contributed by atoms with E-state index in [1.807, 2.05) is 20.0 Å². The number of aliphatic hydroxyl groups excluding tert-OH is 1. The molecule has 1 aliphatic carbocycles. The molecule has 0 spiro atoms. The van der Waals surface area contributed by atoms with Crippen molar-refractivity contribution in [3.63, 3.8) is 0 Å². The Labute approximate surface area is 153 Å². The van der Waals surface area contributed by atoms with E-state index in [1.54, 1.807) is 6.33 Å². The lowest BCUT2D eigenvalue weighted by Gasteiger charge is -2.35. The summed E-state index contributed by atoms with van der Waals surface area (Å²) < 4.78 is 0. The van der Waals surface area contributed by atoms with Crippen LogP contribution in [0.2, 0.25) is 0 Å². The molecule has 2 aromatic rings. The standard InChI is InChI=1S/C18H25N7O/c1-11-5-16(19-2)24-18(22-11)23-13-6-12(7-13)15-8-17(21-10-20-15)25-4-3-14(26)9-25/h5,8,10,12-14,26H,3-4,6-7,9H2,1-2H3,(H2,19,22,23,24). The zero-order chi connectivity index (χ0) is 18.1. The summed E-state index contributed by atoms with van der Waals surface area (Å²) in [5.41, 5.74) is 2.02. The molecule has 1 atom stereocenters. The summed E-state index contributed by atoms with van der Waals surface area (Å²) in [6, 6.07) is 4.35. The monoisotopic (exact) mass is 355 g/mol. The van der Waals surface area contributed by atoms with Gasteiger partial charge in [-0.1, -0.05) is 0 Å². The SMILES string of the molecule is CNc1cc(C)nc(NC2CC(c3cc(N4CCC(O)C4)ncn3)C2)n1. The maximum Gasteiger partial charge on any atom is 0.225 e. The first-order valence-electron chi connectivity index (χ1n) is 9.15. The van der Waals surface area contributed by atoms with Crippen molar-refractivity contribution in [2.45, 2.75) is 44.2 Å². The predicted octanol–water partition coefficient (Wildman–Crippen LogP) is 1.55. The van der Waals surface area contributed by atoms with Gasteiger partial charge in [-0.3, -0.25) is 0 Å². The van der Waals surface area contributed by atoms with E-state index in [2.05, 4.69) is 41.5 Å². The molecule has 1 saturated carbocycles. The topological polar surface area (TPSA) is 99.1 Å². The first-order chi connectivity index (χ1) is 12.6. The summed E-state index contributed by atoms with van der Waals surface area (Å²) in [6.45, 7) is 3.48. The van der Waals surface area contributed by atoms with Crippen LogP contribution in [0.4, 0.5) is 17.6 Å². The van der Waals surface area contributed by atoms with E-state index in [0.29, 0.717) is 24.5 Å². The number of hydrogen-bond acceptors (Lipinski definition) is 8. The molecule has 0 radical (unpaired) electrons. The Morgan fingerprint density at radius 1 is 1.19 bits per heavy atom. The summed E-state index contributed by atoms with van der Waals surface area (Å²) in [4.78, 5) is 19.9. The summed E-state index contributed by atoms with van der Waals surface area (Å²) in [6.07, 6.45) is 4.21. The number of anilines is 3. The molecule has 3 N–H and O–H groups in total. The first-order valence-corrected chi connectivity index (χ1v) is 9.15. The third-order valence-corrected chi connectivity index (χ3v) is 5.16. The van der Waals surface area contributed by atoms with E-state index in [4.69, 9.17) is 0 Å². The van der Waals surface area contributed by atoms with Gasteiger partial charge in [0.25, 0.3) is 0 Å². The summed E-state index contributed by atoms with van der Waals surface area (Å²) in [5, 5.41) is 16.2. The third-order valence-electron chi connectivity index (χ3n) is 5.16. The highest BCUT2D eigenvalue weighted by molar-refractivity contribution is 5.44. The van der Waals surface area contributed by atoms with Crippen LogP contribution in [0.15, 0.2) is 18.5 Å². The second-order valence-corrected chi connectivity index (χ2v) is 7.17. The molecule has 2 fully saturated rings. The molecule has 0 amide bonds. The van der Waals surface area contributed by atoms with Crippen LogP contribution >= 0.6 is 0 Å². The Morgan fingerprint density at radius 2 is 2.04 bits per heavy atom. The van der Waals surface area contributed by atoms with E-state index < -0.39 is 0 Å². The molecule has 3 heterocycles. The molecule has 8 heteroatoms. The minimum Gasteiger partial charge on any atom is -0.391 e. The lowest BCUT2D eigenvalue weighted by atomic mass is 9.78. The molecule has 138 valence electrons. The minimum atomic E-state index is -0.248. The normalized spacial score (nSPS) is 25.0. The fourth-order valence-corrected chi connectivity index (χ4v) is 3.63. The highest BCUT2D eigenvalue weighted by Gasteiger charge is 2.32. The largest absolute Gasteiger partial charge is 0.391 e. The van der Waals surface area contributed by atoms with Gasteiger partial charge >= 0.3 is 0 Å². The molecule has 1 unspecified atom stereocenters. The number of aliphatic hydroxyl groups is 1. The first kappa shape index (κ1) is 17.0. The smallest absolute Gasteiger partial charge is 0.225 e. The molecule has 8 nitrogen and oxygen atoms in total. The van der Waals surface area contributed by atoms with Gasteiger partial charge in [-0.25, -0.2) is 15.0 Å². The zero-order valence-electron chi connectivity index (χ0n) is 15.2. The maximum atomic E-state index is 9.72. The fraction of sp³-hybridized carbons (Fsp3) is 0.556. The highest BCUT2D eigenvalue weighted by atomic mass is 16.3. The van der Waals surface area contributed by atoms with E-state index in [-0.39, 0.29) is 6.10 Å². The van der Waals surface area contributed by atoms with Gasteiger partial charge in [0.2, 0.25) is 5.95 Å². The van der Waals surface area contributed by atoms with Crippen LogP contribution in [0, 0.1) is 6.92 Å². The van der Waals surface area contributed by atoms with Gasteiger partial charge in [0.15, 0.2) is 0 Å². The Kier molecular flexibility index (Phi) is 4.58. The van der Waals surface area contributed by atoms with Gasteiger partial charge in [0.05, 0.1) is 6.10 Å². The number of nitrogens with zero attached hydrogens (tertiary/aromatic N) is 5. The number of hydrogen-bond donors (Lipinski definition) is 3. The summed E-state index contributed by atoms with van der Waals surface area (Å²) >= 11 is 0. The van der Waals surface area contributed by atoms with Gasteiger partial charge in [0, 0.05) is 55.6 Å². The Morgan fingerprint density at radius 3 is 2.77 bits per heavy atom. The van der Waals surface area contributed by atoms with Crippen molar-refractivity contribution in [2.24, 2.45) is 0 Å². The van der Waals surface area contributed by atoms with Gasteiger partial charge in [0.1, 0.15) is 18.0 Å². The molecule has 0 bridgehead atoms. The Balaban J connectivity index is 1.37. The van der Waals surface area contributed by atoms with E-state index in [1.165, 1.54) is 0 Å². The van der Waals surface area contributed by atoms with E-state index in [0.717, 1.165) is 48.8 Å². The third kappa shape index (κ3) is 3.55. The maximum absolute atomic E-state index is 9.72. The van der Waals surface area contributed by atoms with E-state index >= 15 is 0 Å². The summed E-state index contributed by atoms with van der Waals surface area (Å²) in [5.74, 6) is 2.84. The van der Waals surface area contributed by atoms with Crippen LogP contribution in [0.5, 0.6) is 0 Å². The molecule has 2 aliphatic rings. The second-order valence-electron chi connectivity index (χ2n) is 7.17. The molecular formula is C18H25N7O.